The fourth-order valence-electron chi connectivity index (χ4n) is 2.78. The van der Waals surface area contributed by atoms with Crippen molar-refractivity contribution in [2.75, 3.05) is 13.6 Å². The number of nitrogens with one attached hydrogen (secondary N) is 1. The molecule has 1 unspecified atom stereocenters. The summed E-state index contributed by atoms with van der Waals surface area (Å²) in [6, 6.07) is 8.78. The predicted molar refractivity (Wildman–Crippen MR) is 86.3 cm³/mol. The van der Waals surface area contributed by atoms with Crippen molar-refractivity contribution < 1.29 is 0 Å². The second-order valence-corrected chi connectivity index (χ2v) is 5.72. The average Bonchev–Trinajstić information content (AvgIpc) is 2.87. The standard InChI is InChI=1S/C17H26N4/c1-4-8-21-17(19-13-20-21)11-16(12-18-3)10-15-7-5-6-14(2)9-15/h5-7,9,13,16,18H,4,8,10-12H2,1-3H3. The number of nitrogens with zero attached hydrogens (tertiary/aromatic N) is 3. The van der Waals surface area contributed by atoms with Crippen LogP contribution in [0.25, 0.3) is 0 Å². The van der Waals surface area contributed by atoms with E-state index in [-0.39, 0.29) is 0 Å². The van der Waals surface area contributed by atoms with Crippen LogP contribution >= 0.6 is 0 Å². The maximum absolute atomic E-state index is 4.44. The molecule has 2 rings (SSSR count). The van der Waals surface area contributed by atoms with Gasteiger partial charge in [0.05, 0.1) is 0 Å². The normalized spacial score (nSPS) is 12.5. The summed E-state index contributed by atoms with van der Waals surface area (Å²) >= 11 is 0. The smallest absolute Gasteiger partial charge is 0.138 e. The van der Waals surface area contributed by atoms with Gasteiger partial charge in [-0.05, 0) is 44.8 Å². The topological polar surface area (TPSA) is 42.7 Å². The molecule has 0 radical (unpaired) electrons. The molecule has 21 heavy (non-hydrogen) atoms. The highest BCUT2D eigenvalue weighted by molar-refractivity contribution is 5.22. The number of hydrogen-bond donors (Lipinski definition) is 1. The van der Waals surface area contributed by atoms with Crippen LogP contribution in [-0.2, 0) is 19.4 Å². The van der Waals surface area contributed by atoms with E-state index in [2.05, 4.69) is 53.5 Å². The first-order valence-electron chi connectivity index (χ1n) is 7.79. The van der Waals surface area contributed by atoms with Crippen LogP contribution in [0.3, 0.4) is 0 Å². The minimum atomic E-state index is 0.539. The van der Waals surface area contributed by atoms with E-state index in [0.717, 1.165) is 38.2 Å². The van der Waals surface area contributed by atoms with Gasteiger partial charge < -0.3 is 5.32 Å². The first-order valence-corrected chi connectivity index (χ1v) is 7.79. The molecule has 0 fully saturated rings. The van der Waals surface area contributed by atoms with Crippen LogP contribution in [0.5, 0.6) is 0 Å². The zero-order chi connectivity index (χ0) is 15.1. The highest BCUT2D eigenvalue weighted by atomic mass is 15.3. The number of hydrogen-bond acceptors (Lipinski definition) is 3. The highest BCUT2D eigenvalue weighted by Gasteiger charge is 2.14. The van der Waals surface area contributed by atoms with Gasteiger partial charge in [-0.2, -0.15) is 5.10 Å². The van der Waals surface area contributed by atoms with E-state index in [0.29, 0.717) is 5.92 Å². The first-order chi connectivity index (χ1) is 10.2. The monoisotopic (exact) mass is 286 g/mol. The zero-order valence-corrected chi connectivity index (χ0v) is 13.3. The molecule has 0 bridgehead atoms. The number of aryl methyl sites for hydroxylation is 2. The van der Waals surface area contributed by atoms with E-state index < -0.39 is 0 Å². The molecule has 0 amide bonds. The molecular formula is C17H26N4. The van der Waals surface area contributed by atoms with E-state index >= 15 is 0 Å². The molecule has 0 spiro atoms. The number of rotatable bonds is 8. The highest BCUT2D eigenvalue weighted by Crippen LogP contribution is 2.14. The molecule has 1 heterocycles. The Bertz CT molecular complexity index is 547. The summed E-state index contributed by atoms with van der Waals surface area (Å²) < 4.78 is 2.04. The molecule has 0 saturated heterocycles. The van der Waals surface area contributed by atoms with E-state index in [4.69, 9.17) is 0 Å². The van der Waals surface area contributed by atoms with Gasteiger partial charge in [-0.1, -0.05) is 36.8 Å². The summed E-state index contributed by atoms with van der Waals surface area (Å²) in [4.78, 5) is 4.44. The lowest BCUT2D eigenvalue weighted by Crippen LogP contribution is -2.24. The summed E-state index contributed by atoms with van der Waals surface area (Å²) in [5.74, 6) is 1.64. The summed E-state index contributed by atoms with van der Waals surface area (Å²) in [7, 11) is 2.01. The Kier molecular flexibility index (Phi) is 5.93. The van der Waals surface area contributed by atoms with Gasteiger partial charge in [0.25, 0.3) is 0 Å². The second-order valence-electron chi connectivity index (χ2n) is 5.72. The molecule has 0 aliphatic carbocycles. The Morgan fingerprint density at radius 1 is 1.29 bits per heavy atom. The second kappa shape index (κ2) is 7.93. The fourth-order valence-corrected chi connectivity index (χ4v) is 2.78. The molecule has 4 nitrogen and oxygen atoms in total. The van der Waals surface area contributed by atoms with Gasteiger partial charge in [-0.25, -0.2) is 4.98 Å². The lowest BCUT2D eigenvalue weighted by molar-refractivity contribution is 0.458. The van der Waals surface area contributed by atoms with Crippen molar-refractivity contribution in [3.05, 3.63) is 47.5 Å². The van der Waals surface area contributed by atoms with Crippen molar-refractivity contribution >= 4 is 0 Å². The van der Waals surface area contributed by atoms with Crippen LogP contribution < -0.4 is 5.32 Å². The molecule has 114 valence electrons. The third kappa shape index (κ3) is 4.67. The third-order valence-electron chi connectivity index (χ3n) is 3.70. The molecule has 1 atom stereocenters. The number of aromatic nitrogens is 3. The van der Waals surface area contributed by atoms with Gasteiger partial charge in [-0.3, -0.25) is 4.68 Å². The third-order valence-corrected chi connectivity index (χ3v) is 3.70. The van der Waals surface area contributed by atoms with E-state index in [1.807, 2.05) is 11.7 Å². The summed E-state index contributed by atoms with van der Waals surface area (Å²) in [6.45, 7) is 6.26. The molecule has 2 aromatic rings. The van der Waals surface area contributed by atoms with E-state index in [9.17, 15) is 0 Å². The lowest BCUT2D eigenvalue weighted by Gasteiger charge is -2.17. The largest absolute Gasteiger partial charge is 0.319 e. The van der Waals surface area contributed by atoms with Crippen molar-refractivity contribution in [1.82, 2.24) is 20.1 Å². The number of benzene rings is 1. The van der Waals surface area contributed by atoms with Crippen molar-refractivity contribution in [1.29, 1.82) is 0 Å². The van der Waals surface area contributed by atoms with Crippen LogP contribution in [0.2, 0.25) is 0 Å². The Labute approximate surface area is 127 Å². The van der Waals surface area contributed by atoms with Gasteiger partial charge in [0.1, 0.15) is 12.2 Å². The van der Waals surface area contributed by atoms with Gasteiger partial charge in [0.2, 0.25) is 0 Å². The lowest BCUT2D eigenvalue weighted by atomic mass is 9.95. The van der Waals surface area contributed by atoms with Gasteiger partial charge in [0, 0.05) is 13.0 Å². The Morgan fingerprint density at radius 2 is 2.14 bits per heavy atom. The molecular weight excluding hydrogens is 260 g/mol. The van der Waals surface area contributed by atoms with Crippen LogP contribution in [0.1, 0.15) is 30.3 Å². The maximum atomic E-state index is 4.44. The molecule has 0 saturated carbocycles. The van der Waals surface area contributed by atoms with Gasteiger partial charge >= 0.3 is 0 Å². The molecule has 0 aliphatic heterocycles. The Morgan fingerprint density at radius 3 is 2.86 bits per heavy atom. The van der Waals surface area contributed by atoms with Gasteiger partial charge in [-0.15, -0.1) is 0 Å². The Balaban J connectivity index is 2.06. The zero-order valence-electron chi connectivity index (χ0n) is 13.3. The molecule has 0 aliphatic rings. The van der Waals surface area contributed by atoms with Crippen molar-refractivity contribution in [3.8, 4) is 0 Å². The quantitative estimate of drug-likeness (QED) is 0.811. The molecule has 1 aromatic heterocycles. The van der Waals surface area contributed by atoms with Crippen LogP contribution in [0.15, 0.2) is 30.6 Å². The summed E-state index contributed by atoms with van der Waals surface area (Å²) in [5, 5.41) is 7.63. The van der Waals surface area contributed by atoms with Crippen LogP contribution in [-0.4, -0.2) is 28.4 Å². The van der Waals surface area contributed by atoms with Crippen molar-refractivity contribution in [2.24, 2.45) is 5.92 Å². The molecule has 1 N–H and O–H groups in total. The van der Waals surface area contributed by atoms with Crippen molar-refractivity contribution in [3.63, 3.8) is 0 Å². The SMILES string of the molecule is CCCn1ncnc1CC(CNC)Cc1cccc(C)c1. The average molecular weight is 286 g/mol. The van der Waals surface area contributed by atoms with Crippen LogP contribution in [0.4, 0.5) is 0 Å². The minimum Gasteiger partial charge on any atom is -0.319 e. The van der Waals surface area contributed by atoms with E-state index in [1.54, 1.807) is 6.33 Å². The fraction of sp³-hybridized carbons (Fsp3) is 0.529. The predicted octanol–water partition coefficient (Wildman–Crippen LogP) is 2.62. The van der Waals surface area contributed by atoms with Crippen LogP contribution in [0, 0.1) is 12.8 Å². The van der Waals surface area contributed by atoms with Crippen molar-refractivity contribution in [2.45, 2.75) is 39.7 Å². The first kappa shape index (κ1) is 15.7. The molecule has 1 aromatic carbocycles. The Hall–Kier alpha value is -1.68. The van der Waals surface area contributed by atoms with E-state index in [1.165, 1.54) is 11.1 Å². The van der Waals surface area contributed by atoms with Gasteiger partial charge in [0.15, 0.2) is 0 Å². The summed E-state index contributed by atoms with van der Waals surface area (Å²) in [6.07, 6.45) is 4.80. The maximum Gasteiger partial charge on any atom is 0.138 e. The minimum absolute atomic E-state index is 0.539. The molecule has 4 heteroatoms. The summed E-state index contributed by atoms with van der Waals surface area (Å²) in [5.41, 5.74) is 2.72.